The molecule has 3 nitrogen and oxygen atoms in total. The molecule has 2 rings (SSSR count). The van der Waals surface area contributed by atoms with E-state index in [0.29, 0.717) is 5.56 Å². The molecule has 0 spiro atoms. The van der Waals surface area contributed by atoms with Crippen molar-refractivity contribution in [2.24, 2.45) is 0 Å². The maximum absolute atomic E-state index is 13.1. The van der Waals surface area contributed by atoms with Gasteiger partial charge in [0.2, 0.25) is 0 Å². The smallest absolute Gasteiger partial charge is 0.251 e. The fourth-order valence-electron chi connectivity index (χ4n) is 2.25. The van der Waals surface area contributed by atoms with E-state index in [-0.39, 0.29) is 17.8 Å². The van der Waals surface area contributed by atoms with Gasteiger partial charge in [-0.3, -0.25) is 4.79 Å². The number of amides is 1. The summed E-state index contributed by atoms with van der Waals surface area (Å²) in [5, 5.41) is 3.05. The number of hydrogen-bond donors (Lipinski definition) is 1. The number of nitrogens with zero attached hydrogens (tertiary/aromatic N) is 1. The van der Waals surface area contributed by atoms with Gasteiger partial charge in [-0.1, -0.05) is 12.1 Å². The van der Waals surface area contributed by atoms with Crippen molar-refractivity contribution < 1.29 is 9.18 Å². The van der Waals surface area contributed by atoms with Crippen LogP contribution in [-0.2, 0) is 0 Å². The minimum Gasteiger partial charge on any atom is -0.345 e. The van der Waals surface area contributed by atoms with Crippen molar-refractivity contribution in [1.29, 1.82) is 0 Å². The van der Waals surface area contributed by atoms with E-state index in [0.717, 1.165) is 22.1 Å². The Bertz CT molecular complexity index is 641. The van der Waals surface area contributed by atoms with Crippen molar-refractivity contribution in [3.63, 3.8) is 0 Å². The van der Waals surface area contributed by atoms with Gasteiger partial charge in [0, 0.05) is 9.13 Å². The molecule has 1 unspecified atom stereocenters. The third-order valence-electron chi connectivity index (χ3n) is 3.55. The van der Waals surface area contributed by atoms with Crippen LogP contribution >= 0.6 is 22.6 Å². The van der Waals surface area contributed by atoms with E-state index in [1.165, 1.54) is 12.1 Å². The quantitative estimate of drug-likeness (QED) is 0.712. The third kappa shape index (κ3) is 5.58. The van der Waals surface area contributed by atoms with E-state index in [2.05, 4.69) is 32.8 Å². The Labute approximate surface area is 150 Å². The summed E-state index contributed by atoms with van der Waals surface area (Å²) in [6.07, 6.45) is 0.759. The molecule has 1 N–H and O–H groups in total. The van der Waals surface area contributed by atoms with Gasteiger partial charge in [-0.25, -0.2) is 4.39 Å². The number of hydrogen-bond acceptors (Lipinski definition) is 2. The highest BCUT2D eigenvalue weighted by atomic mass is 127. The second-order valence-corrected chi connectivity index (χ2v) is 6.92. The number of carbonyl (C=O) groups excluding carboxylic acids is 1. The second-order valence-electron chi connectivity index (χ2n) is 5.68. The fraction of sp³-hybridized carbons (Fsp3) is 0.278. The van der Waals surface area contributed by atoms with E-state index in [9.17, 15) is 9.18 Å². The summed E-state index contributed by atoms with van der Waals surface area (Å²) < 4.78 is 14.2. The standard InChI is InChI=1S/C18H20FIN2O/c1-22(2)12-11-17(13-3-7-15(19)8-4-13)21-18(23)14-5-9-16(20)10-6-14/h3-10,17H,11-12H2,1-2H3,(H,21,23). The molecule has 0 radical (unpaired) electrons. The fourth-order valence-corrected chi connectivity index (χ4v) is 2.61. The summed E-state index contributed by atoms with van der Waals surface area (Å²) in [5.74, 6) is -0.390. The molecule has 23 heavy (non-hydrogen) atoms. The van der Waals surface area contributed by atoms with Gasteiger partial charge in [0.15, 0.2) is 0 Å². The Kier molecular flexibility index (Phi) is 6.53. The lowest BCUT2D eigenvalue weighted by Crippen LogP contribution is -2.31. The molecule has 0 aliphatic rings. The van der Waals surface area contributed by atoms with Crippen molar-refractivity contribution in [3.05, 3.63) is 69.0 Å². The molecule has 0 saturated heterocycles. The lowest BCUT2D eigenvalue weighted by atomic mass is 10.0. The molecule has 0 aliphatic carbocycles. The molecule has 0 saturated carbocycles. The molecular weight excluding hydrogens is 406 g/mol. The Morgan fingerprint density at radius 3 is 2.30 bits per heavy atom. The van der Waals surface area contributed by atoms with Crippen molar-refractivity contribution >= 4 is 28.5 Å². The first-order chi connectivity index (χ1) is 11.0. The van der Waals surface area contributed by atoms with Gasteiger partial charge in [-0.05, 0) is 91.6 Å². The van der Waals surface area contributed by atoms with Crippen molar-refractivity contribution in [2.45, 2.75) is 12.5 Å². The molecule has 0 heterocycles. The van der Waals surface area contributed by atoms with Crippen molar-refractivity contribution in [3.8, 4) is 0 Å². The summed E-state index contributed by atoms with van der Waals surface area (Å²) in [6, 6.07) is 13.6. The van der Waals surface area contributed by atoms with E-state index in [1.807, 2.05) is 38.4 Å². The monoisotopic (exact) mass is 426 g/mol. The molecule has 2 aromatic carbocycles. The number of rotatable bonds is 6. The molecule has 1 atom stereocenters. The molecule has 2 aromatic rings. The largest absolute Gasteiger partial charge is 0.345 e. The zero-order valence-electron chi connectivity index (χ0n) is 13.2. The Hall–Kier alpha value is -1.47. The Morgan fingerprint density at radius 2 is 1.74 bits per heavy atom. The lowest BCUT2D eigenvalue weighted by Gasteiger charge is -2.21. The van der Waals surface area contributed by atoms with Gasteiger partial charge >= 0.3 is 0 Å². The number of halogens is 2. The van der Waals surface area contributed by atoms with Crippen LogP contribution in [0, 0.1) is 9.39 Å². The molecule has 0 bridgehead atoms. The SMILES string of the molecule is CN(C)CCC(NC(=O)c1ccc(I)cc1)c1ccc(F)cc1. The Balaban J connectivity index is 2.14. The maximum atomic E-state index is 13.1. The van der Waals surface area contributed by atoms with E-state index in [1.54, 1.807) is 12.1 Å². The normalized spacial score (nSPS) is 12.2. The minimum atomic E-state index is -0.274. The Morgan fingerprint density at radius 1 is 1.13 bits per heavy atom. The number of benzene rings is 2. The molecule has 0 aromatic heterocycles. The van der Waals surface area contributed by atoms with Gasteiger partial charge in [-0.2, -0.15) is 0 Å². The highest BCUT2D eigenvalue weighted by molar-refractivity contribution is 14.1. The summed E-state index contributed by atoms with van der Waals surface area (Å²) in [4.78, 5) is 14.5. The van der Waals surface area contributed by atoms with Crippen molar-refractivity contribution in [2.75, 3.05) is 20.6 Å². The van der Waals surface area contributed by atoms with Crippen molar-refractivity contribution in [1.82, 2.24) is 10.2 Å². The first-order valence-electron chi connectivity index (χ1n) is 7.42. The van der Waals surface area contributed by atoms with Gasteiger partial charge in [0.1, 0.15) is 5.82 Å². The topological polar surface area (TPSA) is 32.3 Å². The molecule has 5 heteroatoms. The highest BCUT2D eigenvalue weighted by Crippen LogP contribution is 2.19. The van der Waals surface area contributed by atoms with Gasteiger partial charge in [0.25, 0.3) is 5.91 Å². The molecular formula is C18H20FIN2O. The summed E-state index contributed by atoms with van der Waals surface area (Å²) >= 11 is 2.21. The summed E-state index contributed by atoms with van der Waals surface area (Å²) in [6.45, 7) is 0.828. The van der Waals surface area contributed by atoms with Crippen LogP contribution in [-0.4, -0.2) is 31.4 Å². The van der Waals surface area contributed by atoms with Crippen LogP contribution in [0.3, 0.4) is 0 Å². The third-order valence-corrected chi connectivity index (χ3v) is 4.27. The van der Waals surface area contributed by atoms with Crippen LogP contribution in [0.2, 0.25) is 0 Å². The predicted octanol–water partition coefficient (Wildman–Crippen LogP) is 3.85. The highest BCUT2D eigenvalue weighted by Gasteiger charge is 2.16. The van der Waals surface area contributed by atoms with Crippen LogP contribution in [0.25, 0.3) is 0 Å². The van der Waals surface area contributed by atoms with Crippen LogP contribution in [0.4, 0.5) is 4.39 Å². The summed E-state index contributed by atoms with van der Waals surface area (Å²) in [5.41, 5.74) is 1.54. The average Bonchev–Trinajstić information content (AvgIpc) is 2.52. The van der Waals surface area contributed by atoms with Crippen LogP contribution in [0.15, 0.2) is 48.5 Å². The zero-order chi connectivity index (χ0) is 16.8. The van der Waals surface area contributed by atoms with Crippen LogP contribution in [0.5, 0.6) is 0 Å². The minimum absolute atomic E-state index is 0.116. The molecule has 1 amide bonds. The molecule has 0 aliphatic heterocycles. The molecule has 122 valence electrons. The zero-order valence-corrected chi connectivity index (χ0v) is 15.4. The first kappa shape index (κ1) is 17.9. The summed E-state index contributed by atoms with van der Waals surface area (Å²) in [7, 11) is 3.98. The molecule has 0 fully saturated rings. The average molecular weight is 426 g/mol. The lowest BCUT2D eigenvalue weighted by molar-refractivity contribution is 0.0932. The second kappa shape index (κ2) is 8.40. The predicted molar refractivity (Wildman–Crippen MR) is 98.9 cm³/mol. The van der Waals surface area contributed by atoms with E-state index < -0.39 is 0 Å². The van der Waals surface area contributed by atoms with E-state index >= 15 is 0 Å². The van der Waals surface area contributed by atoms with Gasteiger partial charge < -0.3 is 10.2 Å². The van der Waals surface area contributed by atoms with Crippen LogP contribution in [0.1, 0.15) is 28.4 Å². The number of carbonyl (C=O) groups is 1. The van der Waals surface area contributed by atoms with Gasteiger partial charge in [0.05, 0.1) is 6.04 Å². The maximum Gasteiger partial charge on any atom is 0.251 e. The van der Waals surface area contributed by atoms with Crippen LogP contribution < -0.4 is 5.32 Å². The van der Waals surface area contributed by atoms with Gasteiger partial charge in [-0.15, -0.1) is 0 Å². The first-order valence-corrected chi connectivity index (χ1v) is 8.50. The number of nitrogens with one attached hydrogen (secondary N) is 1. The van der Waals surface area contributed by atoms with E-state index in [4.69, 9.17) is 0 Å².